The molecule has 0 amide bonds. The van der Waals surface area contributed by atoms with Gasteiger partial charge in [0, 0.05) is 24.7 Å². The van der Waals surface area contributed by atoms with E-state index in [1.165, 1.54) is 12.1 Å². The van der Waals surface area contributed by atoms with E-state index in [4.69, 9.17) is 0 Å². The molecule has 19 heavy (non-hydrogen) atoms. The summed E-state index contributed by atoms with van der Waals surface area (Å²) in [5.74, 6) is 0. The summed E-state index contributed by atoms with van der Waals surface area (Å²) >= 11 is 0. The van der Waals surface area contributed by atoms with Crippen molar-refractivity contribution in [2.24, 2.45) is 0 Å². The fourth-order valence-corrected chi connectivity index (χ4v) is 3.01. The minimum Gasteiger partial charge on any atom is -0.384 e. The summed E-state index contributed by atoms with van der Waals surface area (Å²) in [6, 6.07) is 3.43. The molecule has 1 aromatic rings. The lowest BCUT2D eigenvalue weighted by atomic mass is 10.3. The first-order valence-corrected chi connectivity index (χ1v) is 7.31. The Morgan fingerprint density at radius 3 is 2.47 bits per heavy atom. The molecule has 0 heterocycles. The molecule has 106 valence electrons. The number of nitrogens with one attached hydrogen (secondary N) is 2. The lowest BCUT2D eigenvalue weighted by molar-refractivity contribution is -0.385. The van der Waals surface area contributed by atoms with Crippen molar-refractivity contribution < 1.29 is 13.3 Å². The van der Waals surface area contributed by atoms with Crippen molar-refractivity contribution in [2.75, 3.05) is 11.9 Å². The van der Waals surface area contributed by atoms with E-state index in [0.29, 0.717) is 12.2 Å². The highest BCUT2D eigenvalue weighted by Crippen LogP contribution is 2.26. The van der Waals surface area contributed by atoms with Crippen LogP contribution in [0.5, 0.6) is 0 Å². The summed E-state index contributed by atoms with van der Waals surface area (Å²) in [5, 5.41) is 13.6. The number of anilines is 1. The molecule has 0 radical (unpaired) electrons. The second kappa shape index (κ2) is 5.98. The summed E-state index contributed by atoms with van der Waals surface area (Å²) < 4.78 is 26.7. The van der Waals surface area contributed by atoms with Gasteiger partial charge in [0.2, 0.25) is 10.0 Å². The van der Waals surface area contributed by atoms with Crippen LogP contribution >= 0.6 is 0 Å². The number of hydrogen-bond donors (Lipinski definition) is 2. The Morgan fingerprint density at radius 2 is 2.00 bits per heavy atom. The van der Waals surface area contributed by atoms with Gasteiger partial charge in [-0.25, -0.2) is 13.1 Å². The highest BCUT2D eigenvalue weighted by molar-refractivity contribution is 7.89. The van der Waals surface area contributed by atoms with Crippen molar-refractivity contribution in [1.29, 1.82) is 0 Å². The number of nitrogens with zero attached hydrogens (tertiary/aromatic N) is 1. The van der Waals surface area contributed by atoms with Crippen LogP contribution in [0.1, 0.15) is 20.8 Å². The summed E-state index contributed by atoms with van der Waals surface area (Å²) in [6.45, 7) is 5.69. The molecule has 0 aliphatic heterocycles. The quantitative estimate of drug-likeness (QED) is 0.612. The molecule has 2 N–H and O–H groups in total. The molecule has 0 saturated carbocycles. The predicted molar refractivity (Wildman–Crippen MR) is 72.7 cm³/mol. The Hall–Kier alpha value is -1.67. The van der Waals surface area contributed by atoms with Crippen LogP contribution in [0, 0.1) is 10.1 Å². The van der Waals surface area contributed by atoms with Crippen molar-refractivity contribution in [1.82, 2.24) is 4.72 Å². The van der Waals surface area contributed by atoms with Gasteiger partial charge in [0.05, 0.1) is 10.6 Å². The Labute approximate surface area is 112 Å². The maximum Gasteiger partial charge on any atom is 0.270 e. The monoisotopic (exact) mass is 287 g/mol. The van der Waals surface area contributed by atoms with Crippen molar-refractivity contribution in [3.63, 3.8) is 0 Å². The normalized spacial score (nSPS) is 11.6. The second-order valence-electron chi connectivity index (χ2n) is 4.24. The van der Waals surface area contributed by atoms with E-state index < -0.39 is 14.9 Å². The minimum atomic E-state index is -3.79. The third kappa shape index (κ3) is 3.90. The summed E-state index contributed by atoms with van der Waals surface area (Å²) in [5.41, 5.74) is 0.0898. The zero-order valence-corrected chi connectivity index (χ0v) is 11.8. The van der Waals surface area contributed by atoms with Crippen molar-refractivity contribution >= 4 is 21.4 Å². The molecule has 0 bridgehead atoms. The Balaban J connectivity index is 3.36. The van der Waals surface area contributed by atoms with E-state index in [9.17, 15) is 18.5 Å². The number of nitro groups is 1. The fourth-order valence-electron chi connectivity index (χ4n) is 1.56. The molecule has 0 aliphatic rings. The van der Waals surface area contributed by atoms with Gasteiger partial charge < -0.3 is 5.32 Å². The molecule has 0 spiro atoms. The van der Waals surface area contributed by atoms with Gasteiger partial charge in [0.1, 0.15) is 4.90 Å². The van der Waals surface area contributed by atoms with Gasteiger partial charge in [-0.15, -0.1) is 0 Å². The Kier molecular flexibility index (Phi) is 4.84. The van der Waals surface area contributed by atoms with E-state index in [-0.39, 0.29) is 16.6 Å². The largest absolute Gasteiger partial charge is 0.384 e. The number of nitro benzene ring substituents is 1. The highest BCUT2D eigenvalue weighted by Gasteiger charge is 2.22. The molecule has 0 aromatic heterocycles. The zero-order valence-electron chi connectivity index (χ0n) is 11.0. The first-order valence-electron chi connectivity index (χ1n) is 5.82. The summed E-state index contributed by atoms with van der Waals surface area (Å²) in [6.07, 6.45) is 0. The van der Waals surface area contributed by atoms with E-state index in [0.717, 1.165) is 6.07 Å². The van der Waals surface area contributed by atoms with Crippen molar-refractivity contribution in [2.45, 2.75) is 31.7 Å². The van der Waals surface area contributed by atoms with Gasteiger partial charge in [0.15, 0.2) is 0 Å². The highest BCUT2D eigenvalue weighted by atomic mass is 32.2. The number of non-ortho nitro benzene ring substituents is 1. The van der Waals surface area contributed by atoms with E-state index in [1.807, 2.05) is 6.92 Å². The van der Waals surface area contributed by atoms with Crippen LogP contribution in [0.3, 0.4) is 0 Å². The maximum absolute atomic E-state index is 12.1. The first-order chi connectivity index (χ1) is 8.77. The molecule has 0 fully saturated rings. The van der Waals surface area contributed by atoms with Crippen LogP contribution in [0.15, 0.2) is 23.1 Å². The number of hydrogen-bond acceptors (Lipinski definition) is 5. The third-order valence-electron chi connectivity index (χ3n) is 2.22. The topological polar surface area (TPSA) is 101 Å². The first kappa shape index (κ1) is 15.4. The molecule has 8 heteroatoms. The van der Waals surface area contributed by atoms with Gasteiger partial charge in [0.25, 0.3) is 5.69 Å². The van der Waals surface area contributed by atoms with Gasteiger partial charge in [-0.3, -0.25) is 10.1 Å². The SMILES string of the molecule is CCNc1ccc([N+](=O)[O-])cc1S(=O)(=O)NC(C)C. The molecule has 0 atom stereocenters. The lowest BCUT2D eigenvalue weighted by Gasteiger charge is -2.13. The van der Waals surface area contributed by atoms with Gasteiger partial charge in [-0.2, -0.15) is 0 Å². The van der Waals surface area contributed by atoms with Crippen molar-refractivity contribution in [3.8, 4) is 0 Å². The van der Waals surface area contributed by atoms with E-state index >= 15 is 0 Å². The smallest absolute Gasteiger partial charge is 0.270 e. The molecule has 0 saturated heterocycles. The predicted octanol–water partition coefficient (Wildman–Crippen LogP) is 1.71. The maximum atomic E-state index is 12.1. The molecule has 0 aliphatic carbocycles. The molecule has 1 aromatic carbocycles. The van der Waals surface area contributed by atoms with Crippen LogP contribution in [-0.2, 0) is 10.0 Å². The van der Waals surface area contributed by atoms with E-state index in [2.05, 4.69) is 10.0 Å². The van der Waals surface area contributed by atoms with Crippen LogP contribution in [0.4, 0.5) is 11.4 Å². The number of benzene rings is 1. The van der Waals surface area contributed by atoms with Crippen LogP contribution in [-0.4, -0.2) is 25.9 Å². The average Bonchev–Trinajstić information content (AvgIpc) is 2.27. The summed E-state index contributed by atoms with van der Waals surface area (Å²) in [7, 11) is -3.79. The standard InChI is InChI=1S/C11H17N3O4S/c1-4-12-10-6-5-9(14(15)16)7-11(10)19(17,18)13-8(2)3/h5-8,12-13H,4H2,1-3H3. The van der Waals surface area contributed by atoms with Crippen LogP contribution in [0.25, 0.3) is 0 Å². The van der Waals surface area contributed by atoms with Gasteiger partial charge >= 0.3 is 0 Å². The Morgan fingerprint density at radius 1 is 1.37 bits per heavy atom. The molecule has 7 nitrogen and oxygen atoms in total. The van der Waals surface area contributed by atoms with Gasteiger partial charge in [-0.1, -0.05) is 0 Å². The van der Waals surface area contributed by atoms with Crippen LogP contribution in [0.2, 0.25) is 0 Å². The molecule has 1 rings (SSSR count). The minimum absolute atomic E-state index is 0.114. The molecular weight excluding hydrogens is 270 g/mol. The average molecular weight is 287 g/mol. The van der Waals surface area contributed by atoms with Crippen LogP contribution < -0.4 is 10.0 Å². The second-order valence-corrected chi connectivity index (χ2v) is 5.93. The molecular formula is C11H17N3O4S. The number of sulfonamides is 1. The van der Waals surface area contributed by atoms with E-state index in [1.54, 1.807) is 13.8 Å². The Bertz CT molecular complexity index is 569. The van der Waals surface area contributed by atoms with Crippen molar-refractivity contribution in [3.05, 3.63) is 28.3 Å². The summed E-state index contributed by atoms with van der Waals surface area (Å²) in [4.78, 5) is 10.0. The van der Waals surface area contributed by atoms with Gasteiger partial charge in [-0.05, 0) is 26.8 Å². The lowest BCUT2D eigenvalue weighted by Crippen LogP contribution is -2.30. The zero-order chi connectivity index (χ0) is 14.6. The third-order valence-corrected chi connectivity index (χ3v) is 3.92. The fraction of sp³-hybridized carbons (Fsp3) is 0.455. The molecule has 0 unspecified atom stereocenters. The number of rotatable bonds is 6.